The van der Waals surface area contributed by atoms with Gasteiger partial charge in [0, 0.05) is 18.9 Å². The van der Waals surface area contributed by atoms with E-state index in [1.165, 1.54) is 6.08 Å². The monoisotopic (exact) mass is 492 g/mol. The summed E-state index contributed by atoms with van der Waals surface area (Å²) in [5.41, 5.74) is -0.219. The van der Waals surface area contributed by atoms with Gasteiger partial charge in [-0.15, -0.1) is 6.58 Å². The van der Waals surface area contributed by atoms with Gasteiger partial charge in [0.2, 0.25) is 5.91 Å². The summed E-state index contributed by atoms with van der Waals surface area (Å²) in [6, 6.07) is -0.701. The number of carbonyl (C=O) groups is 4. The van der Waals surface area contributed by atoms with Gasteiger partial charge in [-0.2, -0.15) is 0 Å². The van der Waals surface area contributed by atoms with Gasteiger partial charge in [0.25, 0.3) is 5.91 Å². The Kier molecular flexibility index (Phi) is 6.75. The lowest BCUT2D eigenvalue weighted by Gasteiger charge is -2.40. The second-order valence-electron chi connectivity index (χ2n) is 11.3. The van der Waals surface area contributed by atoms with Crippen LogP contribution >= 0.6 is 0 Å². The van der Waals surface area contributed by atoms with Crippen LogP contribution in [0.4, 0.5) is 0 Å². The van der Waals surface area contributed by atoms with Crippen molar-refractivity contribution in [2.75, 3.05) is 6.54 Å². The number of allylic oxidation sites excluding steroid dienone is 4. The molecule has 2 aliphatic heterocycles. The third-order valence-corrected chi connectivity index (χ3v) is 9.56. The Balaban J connectivity index is 1.47. The number of aliphatic hydroxyl groups excluding tert-OH is 1. The number of rotatable bonds is 1. The van der Waals surface area contributed by atoms with E-state index < -0.39 is 17.7 Å². The number of nitrogens with one attached hydrogen (secondary N) is 2. The number of aliphatic hydroxyl groups is 1. The van der Waals surface area contributed by atoms with Gasteiger partial charge in [0.1, 0.15) is 17.1 Å². The van der Waals surface area contributed by atoms with E-state index in [1.54, 1.807) is 12.2 Å². The summed E-state index contributed by atoms with van der Waals surface area (Å²) in [6.07, 6.45) is 12.8. The van der Waals surface area contributed by atoms with Crippen molar-refractivity contribution in [3.05, 3.63) is 48.3 Å². The summed E-state index contributed by atoms with van der Waals surface area (Å²) in [4.78, 5) is 51.1. The third-order valence-electron chi connectivity index (χ3n) is 9.56. The molecule has 2 amide bonds. The zero-order valence-corrected chi connectivity index (χ0v) is 20.8. The van der Waals surface area contributed by atoms with E-state index in [-0.39, 0.29) is 46.7 Å². The molecule has 5 aliphatic rings. The SMILES string of the molecule is C=C[C@H]1C[C@@H]2C[C@@H]3[C@H]4C/C=C\C(=O)NCCCC5NC(=O)/C(=C(O)/C=C/[C@@H]4CC(=O)[C@H]3[C@@H]2[C@H]1C)C5=O. The first-order chi connectivity index (χ1) is 17.3. The van der Waals surface area contributed by atoms with E-state index >= 15 is 0 Å². The molecule has 9 atom stereocenters. The Labute approximate surface area is 212 Å². The summed E-state index contributed by atoms with van der Waals surface area (Å²) in [7, 11) is 0. The van der Waals surface area contributed by atoms with Gasteiger partial charge >= 0.3 is 0 Å². The predicted octanol–water partition coefficient (Wildman–Crippen LogP) is 3.19. The van der Waals surface area contributed by atoms with Crippen molar-refractivity contribution in [3.8, 4) is 0 Å². The summed E-state index contributed by atoms with van der Waals surface area (Å²) in [5.74, 6) is 0.749. The van der Waals surface area contributed by atoms with Crippen molar-refractivity contribution in [1.29, 1.82) is 0 Å². The topological polar surface area (TPSA) is 113 Å². The Morgan fingerprint density at radius 3 is 2.69 bits per heavy atom. The van der Waals surface area contributed by atoms with Crippen LogP contribution in [-0.2, 0) is 19.2 Å². The van der Waals surface area contributed by atoms with Crippen molar-refractivity contribution in [1.82, 2.24) is 10.6 Å². The molecule has 3 aliphatic carbocycles. The van der Waals surface area contributed by atoms with Gasteiger partial charge in [0.15, 0.2) is 5.78 Å². The van der Waals surface area contributed by atoms with Gasteiger partial charge in [-0.3, -0.25) is 19.2 Å². The minimum atomic E-state index is -0.701. The molecule has 0 radical (unpaired) electrons. The molecular formula is C29H36N2O5. The quantitative estimate of drug-likeness (QED) is 0.384. The Hall–Kier alpha value is -2.96. The average molecular weight is 493 g/mol. The number of Topliss-reactive ketones (excluding diaryl/α,β-unsaturated/α-hetero) is 2. The lowest BCUT2D eigenvalue weighted by Crippen LogP contribution is -2.40. The van der Waals surface area contributed by atoms with E-state index in [9.17, 15) is 24.3 Å². The zero-order valence-electron chi connectivity index (χ0n) is 20.8. The highest BCUT2D eigenvalue weighted by Crippen LogP contribution is 2.61. The normalized spacial score (nSPS) is 44.8. The van der Waals surface area contributed by atoms with Crippen LogP contribution in [-0.4, -0.2) is 41.1 Å². The predicted molar refractivity (Wildman–Crippen MR) is 134 cm³/mol. The molecule has 2 heterocycles. The zero-order chi connectivity index (χ0) is 25.6. The molecule has 2 bridgehead atoms. The Morgan fingerprint density at radius 2 is 1.92 bits per heavy atom. The first-order valence-corrected chi connectivity index (χ1v) is 13.4. The number of ketones is 2. The van der Waals surface area contributed by atoms with Crippen LogP contribution in [0.2, 0.25) is 0 Å². The van der Waals surface area contributed by atoms with Gasteiger partial charge in [-0.1, -0.05) is 25.2 Å². The highest BCUT2D eigenvalue weighted by molar-refractivity contribution is 6.27. The van der Waals surface area contributed by atoms with Crippen molar-refractivity contribution in [3.63, 3.8) is 0 Å². The number of amides is 2. The molecule has 36 heavy (non-hydrogen) atoms. The molecule has 192 valence electrons. The average Bonchev–Trinajstić information content (AvgIpc) is 3.46. The molecule has 0 spiro atoms. The molecular weight excluding hydrogens is 456 g/mol. The molecule has 1 unspecified atom stereocenters. The number of fused-ring (bicyclic) bond motifs is 7. The van der Waals surface area contributed by atoms with E-state index in [1.807, 2.05) is 12.2 Å². The van der Waals surface area contributed by atoms with Gasteiger partial charge in [-0.05, 0) is 85.7 Å². The molecule has 1 saturated heterocycles. The van der Waals surface area contributed by atoms with Crippen molar-refractivity contribution in [2.24, 2.45) is 47.3 Å². The van der Waals surface area contributed by atoms with Gasteiger partial charge in [0.05, 0.1) is 6.04 Å². The van der Waals surface area contributed by atoms with Crippen molar-refractivity contribution < 1.29 is 24.3 Å². The minimum absolute atomic E-state index is 0.0207. The van der Waals surface area contributed by atoms with E-state index in [2.05, 4.69) is 24.1 Å². The maximum atomic E-state index is 13.5. The van der Waals surface area contributed by atoms with Crippen molar-refractivity contribution in [2.45, 2.75) is 51.5 Å². The van der Waals surface area contributed by atoms with Crippen LogP contribution in [0.1, 0.15) is 45.4 Å². The van der Waals surface area contributed by atoms with E-state index in [0.29, 0.717) is 55.9 Å². The number of hydrogen-bond donors (Lipinski definition) is 3. The third kappa shape index (κ3) is 4.27. The van der Waals surface area contributed by atoms with Crippen LogP contribution in [0.15, 0.2) is 48.3 Å². The fourth-order valence-electron chi connectivity index (χ4n) is 7.93. The molecule has 0 aromatic heterocycles. The molecule has 0 aromatic rings. The van der Waals surface area contributed by atoms with Crippen molar-refractivity contribution >= 4 is 23.4 Å². The maximum Gasteiger partial charge on any atom is 0.259 e. The largest absolute Gasteiger partial charge is 0.507 e. The fourth-order valence-corrected chi connectivity index (χ4v) is 7.93. The van der Waals surface area contributed by atoms with E-state index in [4.69, 9.17) is 0 Å². The smallest absolute Gasteiger partial charge is 0.259 e. The minimum Gasteiger partial charge on any atom is -0.507 e. The molecule has 5 rings (SSSR count). The lowest BCUT2D eigenvalue weighted by molar-refractivity contribution is -0.131. The fraction of sp³-hybridized carbons (Fsp3) is 0.586. The molecule has 3 N–H and O–H groups in total. The lowest BCUT2D eigenvalue weighted by atomic mass is 9.63. The highest BCUT2D eigenvalue weighted by atomic mass is 16.3. The van der Waals surface area contributed by atoms with Crippen LogP contribution in [0, 0.1) is 47.3 Å². The molecule has 7 heteroatoms. The molecule has 4 fully saturated rings. The summed E-state index contributed by atoms with van der Waals surface area (Å²) in [6.45, 7) is 6.66. The van der Waals surface area contributed by atoms with Crippen LogP contribution in [0.3, 0.4) is 0 Å². The first-order valence-electron chi connectivity index (χ1n) is 13.4. The molecule has 7 nitrogen and oxygen atoms in total. The molecule has 0 aromatic carbocycles. The second kappa shape index (κ2) is 9.83. The van der Waals surface area contributed by atoms with Gasteiger partial charge < -0.3 is 15.7 Å². The van der Waals surface area contributed by atoms with Crippen LogP contribution in [0.25, 0.3) is 0 Å². The Bertz CT molecular complexity index is 1070. The van der Waals surface area contributed by atoms with E-state index in [0.717, 1.165) is 12.8 Å². The second-order valence-corrected chi connectivity index (χ2v) is 11.3. The summed E-state index contributed by atoms with van der Waals surface area (Å²) < 4.78 is 0. The van der Waals surface area contributed by atoms with Gasteiger partial charge in [-0.25, -0.2) is 0 Å². The van der Waals surface area contributed by atoms with Crippen LogP contribution < -0.4 is 10.6 Å². The first kappa shape index (κ1) is 24.7. The molecule has 3 saturated carbocycles. The Morgan fingerprint density at radius 1 is 1.11 bits per heavy atom. The number of hydrogen-bond acceptors (Lipinski definition) is 5. The van der Waals surface area contributed by atoms with Crippen LogP contribution in [0.5, 0.6) is 0 Å². The highest BCUT2D eigenvalue weighted by Gasteiger charge is 2.58. The summed E-state index contributed by atoms with van der Waals surface area (Å²) >= 11 is 0. The standard InChI is InChI=1S/C29H36N2O5/c1-3-16-12-18-13-20-19-6-4-8-24(34)30-11-5-7-21-28(35)27(29(36)31-21)22(32)10-9-17(19)14-23(33)26(20)25(18)15(16)2/h3-4,8-10,15-21,25-26,32H,1,5-7,11-14H2,2H3,(H,30,34)(H,31,36)/b8-4-,10-9+,27-22-/t15-,16-,17+,18+,19-,20+,21?,25+,26-/m0/s1. The maximum absolute atomic E-state index is 13.5. The number of carbonyl (C=O) groups excluding carboxylic acids is 4. The summed E-state index contributed by atoms with van der Waals surface area (Å²) in [5, 5.41) is 16.2.